The van der Waals surface area contributed by atoms with Gasteiger partial charge in [-0.1, -0.05) is 6.92 Å². The summed E-state index contributed by atoms with van der Waals surface area (Å²) in [4.78, 5) is 2.72. The average Bonchev–Trinajstić information content (AvgIpc) is 2.85. The van der Waals surface area contributed by atoms with E-state index in [1.165, 1.54) is 9.75 Å². The molecule has 0 saturated heterocycles. The zero-order valence-corrected chi connectivity index (χ0v) is 10.5. The number of aromatic nitrogens is 2. The summed E-state index contributed by atoms with van der Waals surface area (Å²) in [5.41, 5.74) is 1.10. The van der Waals surface area contributed by atoms with Crippen LogP contribution in [0.2, 0.25) is 0 Å². The number of hydrogen-bond acceptors (Lipinski definition) is 3. The molecular weight excluding hydrogens is 218 g/mol. The average molecular weight is 235 g/mol. The highest BCUT2D eigenvalue weighted by molar-refractivity contribution is 7.11. The van der Waals surface area contributed by atoms with Crippen LogP contribution in [0, 0.1) is 6.92 Å². The summed E-state index contributed by atoms with van der Waals surface area (Å²) < 4.78 is 1.97. The summed E-state index contributed by atoms with van der Waals surface area (Å²) in [5, 5.41) is 7.66. The van der Waals surface area contributed by atoms with Crippen LogP contribution in [0.5, 0.6) is 0 Å². The third-order valence-electron chi connectivity index (χ3n) is 2.35. The molecule has 0 bridgehead atoms. The second-order valence-corrected chi connectivity index (χ2v) is 5.23. The minimum atomic E-state index is 0.885. The van der Waals surface area contributed by atoms with Crippen molar-refractivity contribution in [2.75, 3.05) is 5.32 Å². The first-order valence-electron chi connectivity index (χ1n) is 5.59. The number of hydrogen-bond donors (Lipinski definition) is 1. The summed E-state index contributed by atoms with van der Waals surface area (Å²) in [6.45, 7) is 6.16. The Balaban J connectivity index is 1.89. The topological polar surface area (TPSA) is 29.9 Å². The van der Waals surface area contributed by atoms with Crippen molar-refractivity contribution < 1.29 is 0 Å². The standard InChI is InChI=1S/C12H17N3S/c1-3-6-15-9-11(7-14-15)13-8-12-5-4-10(2)16-12/h4-5,7,9,13H,3,6,8H2,1-2H3. The molecule has 0 atom stereocenters. The van der Waals surface area contributed by atoms with Gasteiger partial charge in [0.05, 0.1) is 11.9 Å². The largest absolute Gasteiger partial charge is 0.378 e. The Labute approximate surface area is 100 Å². The van der Waals surface area contributed by atoms with Crippen LogP contribution in [0.25, 0.3) is 0 Å². The second kappa shape index (κ2) is 5.16. The van der Waals surface area contributed by atoms with Gasteiger partial charge in [0.25, 0.3) is 0 Å². The zero-order valence-electron chi connectivity index (χ0n) is 9.73. The number of aryl methyl sites for hydroxylation is 2. The molecule has 16 heavy (non-hydrogen) atoms. The molecule has 0 unspecified atom stereocenters. The van der Waals surface area contributed by atoms with E-state index >= 15 is 0 Å². The van der Waals surface area contributed by atoms with Gasteiger partial charge in [-0.2, -0.15) is 5.10 Å². The molecule has 2 heterocycles. The first-order valence-corrected chi connectivity index (χ1v) is 6.41. The van der Waals surface area contributed by atoms with Gasteiger partial charge < -0.3 is 5.32 Å². The normalized spacial score (nSPS) is 10.6. The molecule has 2 aromatic rings. The van der Waals surface area contributed by atoms with Crippen molar-refractivity contribution in [1.82, 2.24) is 9.78 Å². The lowest BCUT2D eigenvalue weighted by Crippen LogP contribution is -1.97. The van der Waals surface area contributed by atoms with Gasteiger partial charge >= 0.3 is 0 Å². The van der Waals surface area contributed by atoms with E-state index in [2.05, 4.69) is 42.6 Å². The van der Waals surface area contributed by atoms with E-state index in [1.807, 2.05) is 22.2 Å². The van der Waals surface area contributed by atoms with Gasteiger partial charge in [0, 0.05) is 29.0 Å². The lowest BCUT2D eigenvalue weighted by Gasteiger charge is -2.00. The number of nitrogens with one attached hydrogen (secondary N) is 1. The summed E-state index contributed by atoms with van der Waals surface area (Å²) in [5.74, 6) is 0. The molecule has 0 radical (unpaired) electrons. The molecule has 0 aliphatic heterocycles. The fourth-order valence-electron chi connectivity index (χ4n) is 1.58. The quantitative estimate of drug-likeness (QED) is 0.862. The van der Waals surface area contributed by atoms with Gasteiger partial charge in [0.15, 0.2) is 0 Å². The summed E-state index contributed by atoms with van der Waals surface area (Å²) in [6.07, 6.45) is 5.06. The highest BCUT2D eigenvalue weighted by Gasteiger charge is 1.99. The maximum Gasteiger partial charge on any atom is 0.0729 e. The van der Waals surface area contributed by atoms with Gasteiger partial charge in [-0.3, -0.25) is 4.68 Å². The molecule has 3 nitrogen and oxygen atoms in total. The molecule has 0 fully saturated rings. The summed E-state index contributed by atoms with van der Waals surface area (Å²) in [7, 11) is 0. The first kappa shape index (κ1) is 11.2. The monoisotopic (exact) mass is 235 g/mol. The van der Waals surface area contributed by atoms with Crippen LogP contribution in [0.1, 0.15) is 23.1 Å². The Bertz CT molecular complexity index is 445. The van der Waals surface area contributed by atoms with Crippen molar-refractivity contribution in [3.8, 4) is 0 Å². The van der Waals surface area contributed by atoms with Gasteiger partial charge in [-0.15, -0.1) is 11.3 Å². The van der Waals surface area contributed by atoms with E-state index < -0.39 is 0 Å². The Morgan fingerprint density at radius 3 is 3.00 bits per heavy atom. The highest BCUT2D eigenvalue weighted by Crippen LogP contribution is 2.16. The van der Waals surface area contributed by atoms with Crippen LogP contribution in [-0.4, -0.2) is 9.78 Å². The molecule has 86 valence electrons. The summed E-state index contributed by atoms with van der Waals surface area (Å²) >= 11 is 1.83. The summed E-state index contributed by atoms with van der Waals surface area (Å²) in [6, 6.07) is 4.33. The van der Waals surface area contributed by atoms with Crippen LogP contribution in [0.4, 0.5) is 5.69 Å². The Kier molecular flexibility index (Phi) is 3.62. The van der Waals surface area contributed by atoms with Crippen molar-refractivity contribution in [2.45, 2.75) is 33.4 Å². The third-order valence-corrected chi connectivity index (χ3v) is 3.35. The molecule has 0 spiro atoms. The molecule has 0 aliphatic carbocycles. The van der Waals surface area contributed by atoms with Gasteiger partial charge in [-0.05, 0) is 25.5 Å². The van der Waals surface area contributed by atoms with Gasteiger partial charge in [0.1, 0.15) is 0 Å². The third kappa shape index (κ3) is 2.85. The highest BCUT2D eigenvalue weighted by atomic mass is 32.1. The number of anilines is 1. The van der Waals surface area contributed by atoms with Crippen molar-refractivity contribution in [2.24, 2.45) is 0 Å². The van der Waals surface area contributed by atoms with Crippen LogP contribution in [0.3, 0.4) is 0 Å². The lowest BCUT2D eigenvalue weighted by atomic mass is 10.4. The predicted octanol–water partition coefficient (Wildman–Crippen LogP) is 3.28. The van der Waals surface area contributed by atoms with E-state index in [1.54, 1.807) is 0 Å². The minimum absolute atomic E-state index is 0.885. The molecule has 2 rings (SSSR count). The molecule has 0 amide bonds. The van der Waals surface area contributed by atoms with E-state index in [0.29, 0.717) is 0 Å². The lowest BCUT2D eigenvalue weighted by molar-refractivity contribution is 0.603. The number of thiophene rings is 1. The molecule has 1 N–H and O–H groups in total. The Morgan fingerprint density at radius 1 is 1.44 bits per heavy atom. The van der Waals surface area contributed by atoms with Crippen molar-refractivity contribution >= 4 is 17.0 Å². The second-order valence-electron chi connectivity index (χ2n) is 3.86. The Hall–Kier alpha value is -1.29. The SMILES string of the molecule is CCCn1cc(NCc2ccc(C)s2)cn1. The molecule has 0 saturated carbocycles. The number of nitrogens with zero attached hydrogens (tertiary/aromatic N) is 2. The van der Waals surface area contributed by atoms with Crippen LogP contribution in [-0.2, 0) is 13.1 Å². The van der Waals surface area contributed by atoms with E-state index in [9.17, 15) is 0 Å². The van der Waals surface area contributed by atoms with E-state index in [-0.39, 0.29) is 0 Å². The molecule has 0 aromatic carbocycles. The zero-order chi connectivity index (χ0) is 11.4. The van der Waals surface area contributed by atoms with Crippen LogP contribution < -0.4 is 5.32 Å². The van der Waals surface area contributed by atoms with Gasteiger partial charge in [0.2, 0.25) is 0 Å². The fraction of sp³-hybridized carbons (Fsp3) is 0.417. The predicted molar refractivity (Wildman–Crippen MR) is 68.9 cm³/mol. The maximum atomic E-state index is 4.28. The van der Waals surface area contributed by atoms with Crippen molar-refractivity contribution in [3.63, 3.8) is 0 Å². The Morgan fingerprint density at radius 2 is 2.31 bits per heavy atom. The molecular formula is C12H17N3S. The van der Waals surface area contributed by atoms with Crippen molar-refractivity contribution in [3.05, 3.63) is 34.3 Å². The van der Waals surface area contributed by atoms with Gasteiger partial charge in [-0.25, -0.2) is 0 Å². The first-order chi connectivity index (χ1) is 7.78. The van der Waals surface area contributed by atoms with E-state index in [4.69, 9.17) is 0 Å². The van der Waals surface area contributed by atoms with Crippen molar-refractivity contribution in [1.29, 1.82) is 0 Å². The maximum absolute atomic E-state index is 4.28. The minimum Gasteiger partial charge on any atom is -0.378 e. The molecule has 4 heteroatoms. The van der Waals surface area contributed by atoms with E-state index in [0.717, 1.165) is 25.2 Å². The molecule has 0 aliphatic rings. The fourth-order valence-corrected chi connectivity index (χ4v) is 2.41. The smallest absolute Gasteiger partial charge is 0.0729 e. The van der Waals surface area contributed by atoms with Crippen LogP contribution in [0.15, 0.2) is 24.5 Å². The number of rotatable bonds is 5. The van der Waals surface area contributed by atoms with Crippen LogP contribution >= 0.6 is 11.3 Å². The molecule has 2 aromatic heterocycles.